The summed E-state index contributed by atoms with van der Waals surface area (Å²) >= 11 is 5.73. The van der Waals surface area contributed by atoms with Crippen LogP contribution in [0.3, 0.4) is 0 Å². The first-order chi connectivity index (χ1) is 8.61. The van der Waals surface area contributed by atoms with E-state index in [1.807, 2.05) is 11.9 Å². The molecule has 0 atom stereocenters. The van der Waals surface area contributed by atoms with Gasteiger partial charge in [-0.15, -0.1) is 0 Å². The van der Waals surface area contributed by atoms with Crippen LogP contribution in [0.5, 0.6) is 0 Å². The Morgan fingerprint density at radius 3 is 2.67 bits per heavy atom. The van der Waals surface area contributed by atoms with Crippen LogP contribution in [0.25, 0.3) is 0 Å². The zero-order valence-electron chi connectivity index (χ0n) is 10.9. The normalized spacial score (nSPS) is 24.0. The molecule has 1 saturated carbocycles. The molecule has 0 unspecified atom stereocenters. The molecule has 18 heavy (non-hydrogen) atoms. The van der Waals surface area contributed by atoms with Gasteiger partial charge < -0.3 is 4.90 Å². The minimum atomic E-state index is -0.403. The van der Waals surface area contributed by atoms with E-state index in [1.54, 1.807) is 0 Å². The Kier molecular flexibility index (Phi) is 4.38. The van der Waals surface area contributed by atoms with Crippen molar-refractivity contribution in [2.24, 2.45) is 5.92 Å². The fourth-order valence-electron chi connectivity index (χ4n) is 2.70. The molecule has 0 spiro atoms. The summed E-state index contributed by atoms with van der Waals surface area (Å²) in [6.45, 7) is 2.23. The van der Waals surface area contributed by atoms with Gasteiger partial charge in [0.05, 0.1) is 6.20 Å². The van der Waals surface area contributed by atoms with E-state index < -0.39 is 5.82 Å². The molecule has 0 saturated heterocycles. The fourth-order valence-corrected chi connectivity index (χ4v) is 2.83. The van der Waals surface area contributed by atoms with E-state index in [2.05, 4.69) is 16.9 Å². The van der Waals surface area contributed by atoms with Crippen LogP contribution in [0, 0.1) is 11.7 Å². The lowest BCUT2D eigenvalue weighted by atomic mass is 9.84. The highest BCUT2D eigenvalue weighted by Crippen LogP contribution is 2.31. The molecular weight excluding hydrogens is 253 g/mol. The molecule has 2 rings (SSSR count). The highest BCUT2D eigenvalue weighted by Gasteiger charge is 2.25. The topological polar surface area (TPSA) is 29.0 Å². The van der Waals surface area contributed by atoms with E-state index in [9.17, 15) is 4.39 Å². The third kappa shape index (κ3) is 2.91. The van der Waals surface area contributed by atoms with Gasteiger partial charge in [-0.3, -0.25) is 0 Å². The van der Waals surface area contributed by atoms with Crippen LogP contribution in [-0.2, 0) is 0 Å². The van der Waals surface area contributed by atoms with Crippen LogP contribution in [0.4, 0.5) is 10.2 Å². The summed E-state index contributed by atoms with van der Waals surface area (Å²) in [4.78, 5) is 9.55. The summed E-state index contributed by atoms with van der Waals surface area (Å²) in [5.74, 6) is 0.739. The second-order valence-electron chi connectivity index (χ2n) is 5.00. The second kappa shape index (κ2) is 5.83. The number of nitrogens with zero attached hydrogens (tertiary/aromatic N) is 3. The molecule has 1 aromatic heterocycles. The molecule has 0 N–H and O–H groups in total. The maximum Gasteiger partial charge on any atom is 0.224 e. The number of aromatic nitrogens is 2. The monoisotopic (exact) mass is 271 g/mol. The summed E-state index contributed by atoms with van der Waals surface area (Å²) in [5.41, 5.74) is 0. The van der Waals surface area contributed by atoms with Gasteiger partial charge in [0.1, 0.15) is 0 Å². The summed E-state index contributed by atoms with van der Waals surface area (Å²) in [5, 5.41) is 0.0977. The largest absolute Gasteiger partial charge is 0.354 e. The van der Waals surface area contributed by atoms with Gasteiger partial charge in [0.25, 0.3) is 0 Å². The number of hydrogen-bond donors (Lipinski definition) is 0. The van der Waals surface area contributed by atoms with Crippen molar-refractivity contribution in [3.05, 3.63) is 17.3 Å². The molecule has 0 aromatic carbocycles. The van der Waals surface area contributed by atoms with E-state index in [0.717, 1.165) is 25.0 Å². The van der Waals surface area contributed by atoms with Gasteiger partial charge in [0.15, 0.2) is 11.6 Å². The predicted molar refractivity (Wildman–Crippen MR) is 71.4 cm³/mol. The maximum absolute atomic E-state index is 13.7. The Morgan fingerprint density at radius 2 is 2.06 bits per heavy atom. The molecule has 1 heterocycles. The van der Waals surface area contributed by atoms with Crippen molar-refractivity contribution in [1.29, 1.82) is 0 Å². The lowest BCUT2D eigenvalue weighted by Crippen LogP contribution is -2.36. The molecule has 1 fully saturated rings. The Bertz CT molecular complexity index is 405. The fraction of sp³-hybridized carbons (Fsp3) is 0.692. The van der Waals surface area contributed by atoms with Crippen molar-refractivity contribution in [1.82, 2.24) is 9.97 Å². The molecule has 1 aliphatic rings. The predicted octanol–water partition coefficient (Wildman–Crippen LogP) is 3.67. The standard InChI is InChI=1S/C13H19ClFN3/c1-3-9-4-6-10(7-5-9)18(2)12-11(15)8-16-13(14)17-12/h8-10H,3-7H2,1-2H3. The molecule has 3 nitrogen and oxygen atoms in total. The van der Waals surface area contributed by atoms with E-state index in [1.165, 1.54) is 19.3 Å². The van der Waals surface area contributed by atoms with Gasteiger partial charge in [-0.2, -0.15) is 4.98 Å². The number of hydrogen-bond acceptors (Lipinski definition) is 3. The SMILES string of the molecule is CCC1CCC(N(C)c2nc(Cl)ncc2F)CC1. The second-order valence-corrected chi connectivity index (χ2v) is 5.34. The van der Waals surface area contributed by atoms with E-state index >= 15 is 0 Å². The molecular formula is C13H19ClFN3. The van der Waals surface area contributed by atoms with E-state index in [4.69, 9.17) is 11.6 Å². The van der Waals surface area contributed by atoms with Gasteiger partial charge in [0, 0.05) is 13.1 Å². The minimum absolute atomic E-state index is 0.0977. The van der Waals surface area contributed by atoms with Crippen molar-refractivity contribution in [3.63, 3.8) is 0 Å². The van der Waals surface area contributed by atoms with Crippen LogP contribution >= 0.6 is 11.6 Å². The maximum atomic E-state index is 13.7. The molecule has 5 heteroatoms. The summed E-state index contributed by atoms with van der Waals surface area (Å²) in [7, 11) is 1.89. The van der Waals surface area contributed by atoms with Crippen LogP contribution in [0.2, 0.25) is 5.28 Å². The lowest BCUT2D eigenvalue weighted by molar-refractivity contribution is 0.312. The third-order valence-electron chi connectivity index (χ3n) is 3.97. The van der Waals surface area contributed by atoms with Crippen LogP contribution in [0.15, 0.2) is 6.20 Å². The van der Waals surface area contributed by atoms with Crippen molar-refractivity contribution < 1.29 is 4.39 Å². The average molecular weight is 272 g/mol. The van der Waals surface area contributed by atoms with Gasteiger partial charge in [-0.25, -0.2) is 9.37 Å². The summed E-state index contributed by atoms with van der Waals surface area (Å²) in [6, 6.07) is 0.355. The molecule has 1 aliphatic carbocycles. The molecule has 100 valence electrons. The van der Waals surface area contributed by atoms with Crippen molar-refractivity contribution in [3.8, 4) is 0 Å². The molecule has 0 radical (unpaired) electrons. The number of halogens is 2. The Balaban J connectivity index is 2.07. The first kappa shape index (κ1) is 13.5. The average Bonchev–Trinajstić information content (AvgIpc) is 2.41. The Hall–Kier alpha value is -0.900. The lowest BCUT2D eigenvalue weighted by Gasteiger charge is -2.35. The van der Waals surface area contributed by atoms with Crippen molar-refractivity contribution in [2.45, 2.75) is 45.1 Å². The van der Waals surface area contributed by atoms with E-state index in [-0.39, 0.29) is 5.28 Å². The van der Waals surface area contributed by atoms with Crippen LogP contribution < -0.4 is 4.90 Å². The molecule has 0 bridgehead atoms. The molecule has 1 aromatic rings. The Morgan fingerprint density at radius 1 is 1.39 bits per heavy atom. The first-order valence-electron chi connectivity index (χ1n) is 6.52. The quantitative estimate of drug-likeness (QED) is 0.786. The van der Waals surface area contributed by atoms with Crippen molar-refractivity contribution in [2.75, 3.05) is 11.9 Å². The number of rotatable bonds is 3. The van der Waals surface area contributed by atoms with Gasteiger partial charge in [-0.05, 0) is 43.2 Å². The van der Waals surface area contributed by atoms with Crippen LogP contribution in [-0.4, -0.2) is 23.1 Å². The third-order valence-corrected chi connectivity index (χ3v) is 4.15. The summed E-state index contributed by atoms with van der Waals surface area (Å²) < 4.78 is 13.7. The zero-order valence-corrected chi connectivity index (χ0v) is 11.6. The summed E-state index contributed by atoms with van der Waals surface area (Å²) in [6.07, 6.45) is 6.99. The minimum Gasteiger partial charge on any atom is -0.354 e. The van der Waals surface area contributed by atoms with E-state index in [0.29, 0.717) is 11.9 Å². The van der Waals surface area contributed by atoms with Gasteiger partial charge in [0.2, 0.25) is 5.28 Å². The Labute approximate surface area is 112 Å². The van der Waals surface area contributed by atoms with Gasteiger partial charge >= 0.3 is 0 Å². The zero-order chi connectivity index (χ0) is 13.1. The highest BCUT2D eigenvalue weighted by molar-refractivity contribution is 6.28. The number of anilines is 1. The highest BCUT2D eigenvalue weighted by atomic mass is 35.5. The van der Waals surface area contributed by atoms with Gasteiger partial charge in [-0.1, -0.05) is 13.3 Å². The first-order valence-corrected chi connectivity index (χ1v) is 6.90. The smallest absolute Gasteiger partial charge is 0.224 e. The van der Waals surface area contributed by atoms with Crippen molar-refractivity contribution >= 4 is 17.4 Å². The molecule has 0 aliphatic heterocycles. The van der Waals surface area contributed by atoms with Crippen LogP contribution in [0.1, 0.15) is 39.0 Å². The molecule has 0 amide bonds.